The van der Waals surface area contributed by atoms with Crippen LogP contribution in [-0.4, -0.2) is 14.7 Å². The number of fused-ring (bicyclic) bond motifs is 1. The maximum Gasteiger partial charge on any atom is 0.263 e. The number of nitrogens with two attached hydrogens (primary N) is 1. The summed E-state index contributed by atoms with van der Waals surface area (Å²) >= 11 is 5.74. The Morgan fingerprint density at radius 3 is 2.93 bits per heavy atom. The van der Waals surface area contributed by atoms with E-state index in [-0.39, 0.29) is 28.8 Å². The zero-order valence-electron chi connectivity index (χ0n) is 7.64. The molecule has 15 heavy (non-hydrogen) atoms. The largest absolute Gasteiger partial charge is 0.506 e. The van der Waals surface area contributed by atoms with E-state index in [1.165, 1.54) is 6.07 Å². The lowest BCUT2D eigenvalue weighted by molar-refractivity contribution is 0.480. The number of phenolic OH excluding ortho intramolecular Hbond substituents is 1. The Hall–Kier alpha value is -1.59. The number of aromatic nitrogens is 2. The van der Waals surface area contributed by atoms with E-state index in [1.807, 2.05) is 0 Å². The van der Waals surface area contributed by atoms with Gasteiger partial charge in [0.25, 0.3) is 5.56 Å². The molecule has 0 radical (unpaired) electrons. The smallest absolute Gasteiger partial charge is 0.263 e. The van der Waals surface area contributed by atoms with Crippen molar-refractivity contribution in [2.75, 3.05) is 0 Å². The minimum Gasteiger partial charge on any atom is -0.506 e. The summed E-state index contributed by atoms with van der Waals surface area (Å²) in [4.78, 5) is 15.7. The molecule has 1 aromatic heterocycles. The zero-order chi connectivity index (χ0) is 11.0. The van der Waals surface area contributed by atoms with Crippen LogP contribution >= 0.6 is 11.6 Å². The van der Waals surface area contributed by atoms with Crippen LogP contribution in [0.25, 0.3) is 10.9 Å². The third-order valence-electron chi connectivity index (χ3n) is 2.10. The van der Waals surface area contributed by atoms with Gasteiger partial charge in [0.15, 0.2) is 0 Å². The predicted molar refractivity (Wildman–Crippen MR) is 56.9 cm³/mol. The molecular weight excluding hydrogens is 218 g/mol. The number of rotatable bonds is 1. The lowest BCUT2D eigenvalue weighted by atomic mass is 10.2. The van der Waals surface area contributed by atoms with Crippen LogP contribution in [-0.2, 0) is 6.67 Å². The maximum atomic E-state index is 11.8. The number of para-hydroxylation sites is 1. The van der Waals surface area contributed by atoms with Gasteiger partial charge in [0.05, 0.1) is 12.1 Å². The monoisotopic (exact) mass is 225 g/mol. The summed E-state index contributed by atoms with van der Waals surface area (Å²) in [6.07, 6.45) is 0. The van der Waals surface area contributed by atoms with Gasteiger partial charge in [0.1, 0.15) is 11.3 Å². The van der Waals surface area contributed by atoms with Crippen molar-refractivity contribution in [2.24, 2.45) is 5.73 Å². The Kier molecular flexibility index (Phi) is 2.34. The fourth-order valence-corrected chi connectivity index (χ4v) is 1.59. The molecule has 0 atom stereocenters. The van der Waals surface area contributed by atoms with Crippen LogP contribution in [0.5, 0.6) is 5.75 Å². The van der Waals surface area contributed by atoms with Crippen molar-refractivity contribution < 1.29 is 5.11 Å². The molecule has 0 amide bonds. The van der Waals surface area contributed by atoms with Gasteiger partial charge >= 0.3 is 0 Å². The highest BCUT2D eigenvalue weighted by Crippen LogP contribution is 2.20. The topological polar surface area (TPSA) is 81.1 Å². The number of phenols is 1. The Bertz CT molecular complexity index is 579. The zero-order valence-corrected chi connectivity index (χ0v) is 8.40. The lowest BCUT2D eigenvalue weighted by Crippen LogP contribution is -2.25. The SMILES string of the molecule is NCn1c(Cl)nc2c(O)cccc2c1=O. The van der Waals surface area contributed by atoms with Crippen molar-refractivity contribution in [2.45, 2.75) is 6.67 Å². The van der Waals surface area contributed by atoms with Crippen LogP contribution in [0.2, 0.25) is 5.28 Å². The summed E-state index contributed by atoms with van der Waals surface area (Å²) in [6.45, 7) is -0.0454. The standard InChI is InChI=1S/C9H8ClN3O2/c10-9-12-7-5(2-1-3-6(7)14)8(15)13(9)4-11/h1-3,14H,4,11H2. The van der Waals surface area contributed by atoms with Crippen LogP contribution in [0.3, 0.4) is 0 Å². The van der Waals surface area contributed by atoms with Crippen LogP contribution in [0.15, 0.2) is 23.0 Å². The first kappa shape index (κ1) is 9.95. The van der Waals surface area contributed by atoms with Crippen LogP contribution in [0.1, 0.15) is 0 Å². The van der Waals surface area contributed by atoms with Crippen molar-refractivity contribution in [3.05, 3.63) is 33.8 Å². The van der Waals surface area contributed by atoms with E-state index in [1.54, 1.807) is 12.1 Å². The van der Waals surface area contributed by atoms with Gasteiger partial charge in [-0.3, -0.25) is 9.36 Å². The van der Waals surface area contributed by atoms with Crippen LogP contribution in [0, 0.1) is 0 Å². The van der Waals surface area contributed by atoms with Crippen LogP contribution in [0.4, 0.5) is 0 Å². The van der Waals surface area contributed by atoms with E-state index in [0.29, 0.717) is 5.39 Å². The number of hydrogen-bond acceptors (Lipinski definition) is 4. The highest BCUT2D eigenvalue weighted by Gasteiger charge is 2.10. The molecule has 2 aromatic rings. The molecule has 0 spiro atoms. The minimum absolute atomic E-state index is 0.0310. The van der Waals surface area contributed by atoms with Crippen molar-refractivity contribution in [1.82, 2.24) is 9.55 Å². The van der Waals surface area contributed by atoms with E-state index in [4.69, 9.17) is 17.3 Å². The second kappa shape index (κ2) is 3.52. The predicted octanol–water partition coefficient (Wildman–Crippen LogP) is 0.672. The molecule has 0 fully saturated rings. The molecule has 2 rings (SSSR count). The highest BCUT2D eigenvalue weighted by atomic mass is 35.5. The molecule has 0 bridgehead atoms. The van der Waals surface area contributed by atoms with Gasteiger partial charge in [0, 0.05) is 0 Å². The third-order valence-corrected chi connectivity index (χ3v) is 2.39. The summed E-state index contributed by atoms with van der Waals surface area (Å²) in [7, 11) is 0. The van der Waals surface area contributed by atoms with Gasteiger partial charge in [-0.25, -0.2) is 4.98 Å². The molecule has 0 saturated carbocycles. The Labute approximate surface area is 89.7 Å². The number of aromatic hydroxyl groups is 1. The first-order valence-electron chi connectivity index (χ1n) is 4.23. The van der Waals surface area contributed by atoms with E-state index in [0.717, 1.165) is 4.57 Å². The van der Waals surface area contributed by atoms with Gasteiger partial charge in [-0.15, -0.1) is 0 Å². The molecule has 0 aliphatic rings. The normalized spacial score (nSPS) is 10.8. The lowest BCUT2D eigenvalue weighted by Gasteiger charge is -2.06. The van der Waals surface area contributed by atoms with Crippen molar-refractivity contribution in [3.63, 3.8) is 0 Å². The molecule has 0 aliphatic heterocycles. The minimum atomic E-state index is -0.358. The first-order chi connectivity index (χ1) is 7.15. The van der Waals surface area contributed by atoms with Gasteiger partial charge in [-0.1, -0.05) is 6.07 Å². The highest BCUT2D eigenvalue weighted by molar-refractivity contribution is 6.28. The average molecular weight is 226 g/mol. The van der Waals surface area contributed by atoms with E-state index in [9.17, 15) is 9.90 Å². The fraction of sp³-hybridized carbons (Fsp3) is 0.111. The molecule has 1 aromatic carbocycles. The third kappa shape index (κ3) is 1.45. The number of hydrogen-bond donors (Lipinski definition) is 2. The first-order valence-corrected chi connectivity index (χ1v) is 4.61. The molecular formula is C9H8ClN3O2. The number of nitrogens with zero attached hydrogens (tertiary/aromatic N) is 2. The van der Waals surface area contributed by atoms with E-state index < -0.39 is 0 Å². The second-order valence-corrected chi connectivity index (χ2v) is 3.31. The summed E-state index contributed by atoms with van der Waals surface area (Å²) < 4.78 is 1.13. The number of benzene rings is 1. The Balaban J connectivity index is 2.98. The van der Waals surface area contributed by atoms with Crippen LogP contribution < -0.4 is 11.3 Å². The van der Waals surface area contributed by atoms with Gasteiger partial charge < -0.3 is 10.8 Å². The van der Waals surface area contributed by atoms with Crippen molar-refractivity contribution in [3.8, 4) is 5.75 Å². The van der Waals surface area contributed by atoms with E-state index >= 15 is 0 Å². The summed E-state index contributed by atoms with van der Waals surface area (Å²) in [5.74, 6) is -0.0735. The molecule has 3 N–H and O–H groups in total. The van der Waals surface area contributed by atoms with Gasteiger partial charge in [-0.05, 0) is 23.7 Å². The molecule has 0 saturated heterocycles. The summed E-state index contributed by atoms with van der Waals surface area (Å²) in [5.41, 5.74) is 5.19. The molecule has 78 valence electrons. The maximum absolute atomic E-state index is 11.8. The van der Waals surface area contributed by atoms with Gasteiger partial charge in [-0.2, -0.15) is 0 Å². The van der Waals surface area contributed by atoms with E-state index in [2.05, 4.69) is 4.98 Å². The molecule has 6 heteroatoms. The second-order valence-electron chi connectivity index (χ2n) is 2.97. The fourth-order valence-electron chi connectivity index (χ4n) is 1.36. The number of halogens is 1. The molecule has 0 aliphatic carbocycles. The van der Waals surface area contributed by atoms with Gasteiger partial charge in [0.2, 0.25) is 5.28 Å². The molecule has 0 unspecified atom stereocenters. The summed E-state index contributed by atoms with van der Waals surface area (Å²) in [6, 6.07) is 4.57. The average Bonchev–Trinajstić information content (AvgIpc) is 2.20. The van der Waals surface area contributed by atoms with Crippen molar-refractivity contribution in [1.29, 1.82) is 0 Å². The Morgan fingerprint density at radius 2 is 2.27 bits per heavy atom. The molecule has 5 nitrogen and oxygen atoms in total. The molecule has 1 heterocycles. The van der Waals surface area contributed by atoms with Crippen molar-refractivity contribution >= 4 is 22.5 Å². The summed E-state index contributed by atoms with van der Waals surface area (Å²) in [5, 5.41) is 9.75. The Morgan fingerprint density at radius 1 is 1.53 bits per heavy atom. The quantitative estimate of drug-likeness (QED) is 0.699.